The van der Waals surface area contributed by atoms with Gasteiger partial charge in [0.1, 0.15) is 0 Å². The maximum absolute atomic E-state index is 12.0. The number of urea groups is 1. The minimum absolute atomic E-state index is 0.0449. The molecule has 0 aromatic rings. The zero-order valence-corrected chi connectivity index (χ0v) is 12.1. The van der Waals surface area contributed by atoms with Crippen LogP contribution in [0, 0.1) is 5.41 Å². The van der Waals surface area contributed by atoms with Crippen LogP contribution in [0.4, 0.5) is 4.79 Å². The molecule has 110 valence electrons. The number of hydrogen-bond donors (Lipinski definition) is 2. The number of carboxylic acids is 1. The number of carboxylic acid groups (broad SMARTS) is 1. The molecule has 1 aliphatic heterocycles. The topological polar surface area (TPSA) is 72.9 Å². The molecule has 0 aromatic heterocycles. The lowest BCUT2D eigenvalue weighted by Crippen LogP contribution is -2.53. The Hall–Kier alpha value is -1.30. The third-order valence-corrected chi connectivity index (χ3v) is 3.69. The predicted octanol–water partition coefficient (Wildman–Crippen LogP) is 0.834. The van der Waals surface area contributed by atoms with E-state index in [2.05, 4.69) is 26.1 Å². The van der Waals surface area contributed by atoms with Crippen LogP contribution < -0.4 is 5.32 Å². The minimum atomic E-state index is -0.817. The van der Waals surface area contributed by atoms with Gasteiger partial charge in [-0.25, -0.2) is 4.79 Å². The van der Waals surface area contributed by atoms with Crippen molar-refractivity contribution in [2.45, 2.75) is 27.2 Å². The lowest BCUT2D eigenvalue weighted by atomic mass is 9.90. The Bertz CT molecular complexity index is 323. The van der Waals surface area contributed by atoms with Crippen LogP contribution in [0.2, 0.25) is 0 Å². The average Bonchev–Trinajstić information content (AvgIpc) is 2.36. The molecular weight excluding hydrogens is 246 g/mol. The van der Waals surface area contributed by atoms with Gasteiger partial charge in [0.15, 0.2) is 0 Å². The van der Waals surface area contributed by atoms with Crippen molar-refractivity contribution in [3.8, 4) is 0 Å². The van der Waals surface area contributed by atoms with Gasteiger partial charge in [-0.3, -0.25) is 9.69 Å². The lowest BCUT2D eigenvalue weighted by molar-refractivity contribution is -0.138. The van der Waals surface area contributed by atoms with Crippen molar-refractivity contribution in [3.63, 3.8) is 0 Å². The molecule has 0 aromatic carbocycles. The van der Waals surface area contributed by atoms with Crippen molar-refractivity contribution in [3.05, 3.63) is 0 Å². The van der Waals surface area contributed by atoms with E-state index in [9.17, 15) is 9.59 Å². The molecule has 1 aliphatic rings. The summed E-state index contributed by atoms with van der Waals surface area (Å²) in [6.07, 6.45) is 1.01. The largest absolute Gasteiger partial charge is 0.480 e. The number of carbonyl (C=O) groups excluding carboxylic acids is 1. The highest BCUT2D eigenvalue weighted by Gasteiger charge is 2.23. The number of aliphatic carboxylic acids is 1. The van der Waals surface area contributed by atoms with Crippen molar-refractivity contribution >= 4 is 12.0 Å². The predicted molar refractivity (Wildman–Crippen MR) is 73.1 cm³/mol. The van der Waals surface area contributed by atoms with Gasteiger partial charge in [-0.1, -0.05) is 20.8 Å². The summed E-state index contributed by atoms with van der Waals surface area (Å²) in [7, 11) is 0. The number of carbonyl (C=O) groups is 2. The number of amides is 2. The highest BCUT2D eigenvalue weighted by molar-refractivity contribution is 5.74. The van der Waals surface area contributed by atoms with Crippen LogP contribution in [0.15, 0.2) is 0 Å². The van der Waals surface area contributed by atoms with Gasteiger partial charge in [-0.05, 0) is 11.8 Å². The Morgan fingerprint density at radius 1 is 1.21 bits per heavy atom. The molecule has 0 aliphatic carbocycles. The van der Waals surface area contributed by atoms with Gasteiger partial charge in [-0.2, -0.15) is 0 Å². The van der Waals surface area contributed by atoms with E-state index in [0.717, 1.165) is 6.42 Å². The third-order valence-electron chi connectivity index (χ3n) is 3.69. The standard InChI is InChI=1S/C13H25N3O3/c1-4-13(2,3)10-14-12(19)16-7-5-15(6-8-16)9-11(17)18/h4-10H2,1-3H3,(H,14,19)(H,17,18). The maximum Gasteiger partial charge on any atom is 0.317 e. The molecule has 6 heteroatoms. The second-order valence-electron chi connectivity index (χ2n) is 5.83. The van der Waals surface area contributed by atoms with Crippen molar-refractivity contribution in [1.29, 1.82) is 0 Å². The summed E-state index contributed by atoms with van der Waals surface area (Å²) in [4.78, 5) is 26.2. The van der Waals surface area contributed by atoms with E-state index in [-0.39, 0.29) is 18.0 Å². The molecule has 1 saturated heterocycles. The number of nitrogens with one attached hydrogen (secondary N) is 1. The molecule has 2 amide bonds. The molecular formula is C13H25N3O3. The van der Waals surface area contributed by atoms with Gasteiger partial charge in [0.2, 0.25) is 0 Å². The van der Waals surface area contributed by atoms with E-state index in [1.165, 1.54) is 0 Å². The molecule has 6 nitrogen and oxygen atoms in total. The molecule has 0 unspecified atom stereocenters. The fourth-order valence-corrected chi connectivity index (χ4v) is 1.85. The second kappa shape index (κ2) is 6.75. The number of piperazine rings is 1. The molecule has 0 saturated carbocycles. The monoisotopic (exact) mass is 271 g/mol. The van der Waals surface area contributed by atoms with E-state index in [1.54, 1.807) is 4.90 Å². The third kappa shape index (κ3) is 5.46. The van der Waals surface area contributed by atoms with Crippen molar-refractivity contribution < 1.29 is 14.7 Å². The average molecular weight is 271 g/mol. The van der Waals surface area contributed by atoms with E-state index in [4.69, 9.17) is 5.11 Å². The lowest BCUT2D eigenvalue weighted by Gasteiger charge is -2.34. The van der Waals surface area contributed by atoms with Gasteiger partial charge in [0.25, 0.3) is 0 Å². The molecule has 19 heavy (non-hydrogen) atoms. The van der Waals surface area contributed by atoms with Gasteiger partial charge >= 0.3 is 12.0 Å². The zero-order valence-electron chi connectivity index (χ0n) is 12.1. The molecule has 0 spiro atoms. The fraction of sp³-hybridized carbons (Fsp3) is 0.846. The van der Waals surface area contributed by atoms with Crippen molar-refractivity contribution in [2.24, 2.45) is 5.41 Å². The van der Waals surface area contributed by atoms with E-state index in [0.29, 0.717) is 32.7 Å². The van der Waals surface area contributed by atoms with Crippen LogP contribution >= 0.6 is 0 Å². The van der Waals surface area contributed by atoms with Gasteiger partial charge in [0, 0.05) is 32.7 Å². The normalized spacial score (nSPS) is 17.3. The maximum atomic E-state index is 12.0. The summed E-state index contributed by atoms with van der Waals surface area (Å²) in [6.45, 7) is 9.49. The summed E-state index contributed by atoms with van der Waals surface area (Å²) < 4.78 is 0. The van der Waals surface area contributed by atoms with E-state index >= 15 is 0 Å². The summed E-state index contributed by atoms with van der Waals surface area (Å²) in [5.74, 6) is -0.817. The van der Waals surface area contributed by atoms with Gasteiger partial charge in [-0.15, -0.1) is 0 Å². The molecule has 0 atom stereocenters. The number of hydrogen-bond acceptors (Lipinski definition) is 3. The summed E-state index contributed by atoms with van der Waals surface area (Å²) in [5, 5.41) is 11.7. The molecule has 1 fully saturated rings. The van der Waals surface area contributed by atoms with Crippen LogP contribution in [0.1, 0.15) is 27.2 Å². The smallest absolute Gasteiger partial charge is 0.317 e. The Morgan fingerprint density at radius 2 is 1.79 bits per heavy atom. The summed E-state index contributed by atoms with van der Waals surface area (Å²) >= 11 is 0. The van der Waals surface area contributed by atoms with Crippen LogP contribution in [-0.2, 0) is 4.79 Å². The molecule has 2 N–H and O–H groups in total. The van der Waals surface area contributed by atoms with E-state index in [1.807, 2.05) is 4.90 Å². The van der Waals surface area contributed by atoms with Crippen LogP contribution in [0.5, 0.6) is 0 Å². The van der Waals surface area contributed by atoms with Crippen molar-refractivity contribution in [2.75, 3.05) is 39.3 Å². The second-order valence-corrected chi connectivity index (χ2v) is 5.83. The quantitative estimate of drug-likeness (QED) is 0.777. The van der Waals surface area contributed by atoms with E-state index < -0.39 is 5.97 Å². The van der Waals surface area contributed by atoms with Gasteiger partial charge in [0.05, 0.1) is 6.54 Å². The van der Waals surface area contributed by atoms with Crippen LogP contribution in [0.25, 0.3) is 0 Å². The Balaban J connectivity index is 2.31. The molecule has 0 radical (unpaired) electrons. The number of nitrogens with zero attached hydrogens (tertiary/aromatic N) is 2. The van der Waals surface area contributed by atoms with Crippen molar-refractivity contribution in [1.82, 2.24) is 15.1 Å². The Morgan fingerprint density at radius 3 is 2.26 bits per heavy atom. The first-order valence-electron chi connectivity index (χ1n) is 6.81. The molecule has 1 heterocycles. The number of rotatable bonds is 5. The van der Waals surface area contributed by atoms with Crippen LogP contribution in [0.3, 0.4) is 0 Å². The first kappa shape index (κ1) is 15.8. The highest BCUT2D eigenvalue weighted by atomic mass is 16.4. The Kier molecular flexibility index (Phi) is 5.60. The molecule has 0 bridgehead atoms. The van der Waals surface area contributed by atoms with Crippen LogP contribution in [-0.4, -0.2) is 66.2 Å². The Labute approximate surface area is 114 Å². The first-order chi connectivity index (χ1) is 8.84. The minimum Gasteiger partial charge on any atom is -0.480 e. The summed E-state index contributed by atoms with van der Waals surface area (Å²) in [5.41, 5.74) is 0.112. The fourth-order valence-electron chi connectivity index (χ4n) is 1.85. The highest BCUT2D eigenvalue weighted by Crippen LogP contribution is 2.17. The SMILES string of the molecule is CCC(C)(C)CNC(=O)N1CCN(CC(=O)O)CC1. The summed E-state index contributed by atoms with van der Waals surface area (Å²) in [6, 6.07) is -0.0449. The molecule has 1 rings (SSSR count). The first-order valence-corrected chi connectivity index (χ1v) is 6.81. The van der Waals surface area contributed by atoms with Gasteiger partial charge < -0.3 is 15.3 Å². The zero-order chi connectivity index (χ0) is 14.5.